The predicted octanol–water partition coefficient (Wildman–Crippen LogP) is 5.56. The zero-order valence-corrected chi connectivity index (χ0v) is 16.5. The zero-order chi connectivity index (χ0) is 19.4. The van der Waals surface area contributed by atoms with Gasteiger partial charge in [-0.15, -0.1) is 0 Å². The number of hydrogen-bond donors (Lipinski definition) is 1. The van der Waals surface area contributed by atoms with Crippen molar-refractivity contribution >= 4 is 11.9 Å². The van der Waals surface area contributed by atoms with Crippen LogP contribution in [0.15, 0.2) is 24.3 Å². The highest BCUT2D eigenvalue weighted by Crippen LogP contribution is 2.40. The van der Waals surface area contributed by atoms with E-state index in [1.165, 1.54) is 37.8 Å². The van der Waals surface area contributed by atoms with Crippen LogP contribution in [0, 0.1) is 23.7 Å². The lowest BCUT2D eigenvalue weighted by atomic mass is 9.72. The number of carboxylic acids is 1. The van der Waals surface area contributed by atoms with E-state index in [1.807, 2.05) is 0 Å². The van der Waals surface area contributed by atoms with Crippen LogP contribution in [0.25, 0.3) is 0 Å². The minimum absolute atomic E-state index is 0.00310. The lowest BCUT2D eigenvalue weighted by Crippen LogP contribution is -2.38. The standard InChI is InChI=1S/C23H32O4/c1-15-3-7-17(8-4-15)21(18-9-5-16(2)6-10-18)27-23(26)20-13-11-19(12-14-20)22(24)25/h11-18,21H,3-10H2,1-2H3,(H,24,25). The summed E-state index contributed by atoms with van der Waals surface area (Å²) in [4.78, 5) is 23.8. The van der Waals surface area contributed by atoms with E-state index >= 15 is 0 Å². The largest absolute Gasteiger partial charge is 0.478 e. The second-order valence-electron chi connectivity index (χ2n) is 8.79. The first-order valence-corrected chi connectivity index (χ1v) is 10.5. The Morgan fingerprint density at radius 3 is 1.63 bits per heavy atom. The van der Waals surface area contributed by atoms with Gasteiger partial charge in [-0.25, -0.2) is 9.59 Å². The van der Waals surface area contributed by atoms with Crippen molar-refractivity contribution in [3.8, 4) is 0 Å². The molecule has 3 rings (SSSR count). The van der Waals surface area contributed by atoms with Gasteiger partial charge in [0.2, 0.25) is 0 Å². The molecule has 1 aromatic carbocycles. The summed E-state index contributed by atoms with van der Waals surface area (Å²) in [6.45, 7) is 4.62. The Hall–Kier alpha value is -1.84. The average molecular weight is 373 g/mol. The van der Waals surface area contributed by atoms with Crippen molar-refractivity contribution < 1.29 is 19.4 Å². The molecule has 4 heteroatoms. The highest BCUT2D eigenvalue weighted by atomic mass is 16.5. The summed E-state index contributed by atoms with van der Waals surface area (Å²) in [5.74, 6) is 1.17. The fourth-order valence-electron chi connectivity index (χ4n) is 4.75. The van der Waals surface area contributed by atoms with Gasteiger partial charge in [0.15, 0.2) is 0 Å². The first-order valence-electron chi connectivity index (χ1n) is 10.5. The third kappa shape index (κ3) is 5.12. The number of hydrogen-bond acceptors (Lipinski definition) is 3. The molecule has 0 bridgehead atoms. The average Bonchev–Trinajstić information content (AvgIpc) is 2.67. The fraction of sp³-hybridized carbons (Fsp3) is 0.652. The fourth-order valence-corrected chi connectivity index (χ4v) is 4.75. The van der Waals surface area contributed by atoms with Gasteiger partial charge in [-0.3, -0.25) is 0 Å². The van der Waals surface area contributed by atoms with Gasteiger partial charge >= 0.3 is 11.9 Å². The molecule has 0 saturated heterocycles. The molecule has 0 aromatic heterocycles. The Morgan fingerprint density at radius 2 is 1.22 bits per heavy atom. The van der Waals surface area contributed by atoms with Crippen molar-refractivity contribution in [3.05, 3.63) is 35.4 Å². The van der Waals surface area contributed by atoms with Crippen molar-refractivity contribution in [1.29, 1.82) is 0 Å². The molecule has 4 nitrogen and oxygen atoms in total. The van der Waals surface area contributed by atoms with Crippen LogP contribution in [-0.2, 0) is 4.74 Å². The maximum absolute atomic E-state index is 12.8. The van der Waals surface area contributed by atoms with Gasteiger partial charge in [-0.1, -0.05) is 39.5 Å². The molecule has 0 amide bonds. The minimum Gasteiger partial charge on any atom is -0.478 e. The first kappa shape index (κ1) is 19.9. The van der Waals surface area contributed by atoms with Gasteiger partial charge in [0.25, 0.3) is 0 Å². The van der Waals surface area contributed by atoms with Gasteiger partial charge in [0.1, 0.15) is 6.10 Å². The summed E-state index contributed by atoms with van der Waals surface area (Å²) < 4.78 is 6.10. The topological polar surface area (TPSA) is 63.6 Å². The third-order valence-electron chi connectivity index (χ3n) is 6.66. The van der Waals surface area contributed by atoms with E-state index < -0.39 is 5.97 Å². The van der Waals surface area contributed by atoms with Crippen LogP contribution in [0.3, 0.4) is 0 Å². The second kappa shape index (κ2) is 8.90. The Balaban J connectivity index is 1.71. The van der Waals surface area contributed by atoms with Crippen LogP contribution >= 0.6 is 0 Å². The maximum Gasteiger partial charge on any atom is 0.338 e. The lowest BCUT2D eigenvalue weighted by Gasteiger charge is -2.39. The van der Waals surface area contributed by atoms with Crippen LogP contribution < -0.4 is 0 Å². The first-order chi connectivity index (χ1) is 12.9. The number of aromatic carboxylic acids is 1. The molecule has 0 unspecified atom stereocenters. The predicted molar refractivity (Wildman–Crippen MR) is 105 cm³/mol. The van der Waals surface area contributed by atoms with Crippen LogP contribution in [0.2, 0.25) is 0 Å². The molecule has 2 fully saturated rings. The molecule has 1 aromatic rings. The van der Waals surface area contributed by atoms with Crippen molar-refractivity contribution in [2.75, 3.05) is 0 Å². The van der Waals surface area contributed by atoms with Gasteiger partial charge in [-0.2, -0.15) is 0 Å². The summed E-state index contributed by atoms with van der Waals surface area (Å²) in [7, 11) is 0. The van der Waals surface area contributed by atoms with Crippen molar-refractivity contribution in [2.45, 2.75) is 71.3 Å². The van der Waals surface area contributed by atoms with Crippen LogP contribution in [0.1, 0.15) is 85.9 Å². The third-order valence-corrected chi connectivity index (χ3v) is 6.66. The van der Waals surface area contributed by atoms with Gasteiger partial charge in [0, 0.05) is 0 Å². The molecule has 1 N–H and O–H groups in total. The normalized spacial score (nSPS) is 29.7. The summed E-state index contributed by atoms with van der Waals surface area (Å²) >= 11 is 0. The zero-order valence-electron chi connectivity index (χ0n) is 16.5. The molecular formula is C23H32O4. The summed E-state index contributed by atoms with van der Waals surface area (Å²) in [6.07, 6.45) is 9.43. The Kier molecular flexibility index (Phi) is 6.56. The van der Waals surface area contributed by atoms with Crippen LogP contribution in [-0.4, -0.2) is 23.1 Å². The molecule has 2 aliphatic carbocycles. The molecule has 27 heavy (non-hydrogen) atoms. The van der Waals surface area contributed by atoms with E-state index in [4.69, 9.17) is 9.84 Å². The Morgan fingerprint density at radius 1 is 0.815 bits per heavy atom. The number of carbonyl (C=O) groups is 2. The lowest BCUT2D eigenvalue weighted by molar-refractivity contribution is -0.0282. The van der Waals surface area contributed by atoms with E-state index in [9.17, 15) is 9.59 Å². The van der Waals surface area contributed by atoms with E-state index in [1.54, 1.807) is 12.1 Å². The molecule has 0 aliphatic heterocycles. The molecule has 2 saturated carbocycles. The highest BCUT2D eigenvalue weighted by Gasteiger charge is 2.36. The van der Waals surface area contributed by atoms with E-state index in [0.29, 0.717) is 17.4 Å². The number of benzene rings is 1. The molecule has 0 heterocycles. The monoisotopic (exact) mass is 372 g/mol. The van der Waals surface area contributed by atoms with Crippen LogP contribution in [0.5, 0.6) is 0 Å². The maximum atomic E-state index is 12.8. The Bertz CT molecular complexity index is 613. The second-order valence-corrected chi connectivity index (χ2v) is 8.79. The molecule has 0 atom stereocenters. The molecular weight excluding hydrogens is 340 g/mol. The molecule has 0 radical (unpaired) electrons. The van der Waals surface area contributed by atoms with Crippen molar-refractivity contribution in [3.63, 3.8) is 0 Å². The van der Waals surface area contributed by atoms with Gasteiger partial charge in [0.05, 0.1) is 11.1 Å². The molecule has 2 aliphatic rings. The molecule has 0 spiro atoms. The van der Waals surface area contributed by atoms with E-state index in [-0.39, 0.29) is 17.6 Å². The SMILES string of the molecule is CC1CCC(C(OC(=O)c2ccc(C(=O)O)cc2)C2CCC(C)CC2)CC1. The summed E-state index contributed by atoms with van der Waals surface area (Å²) in [5.41, 5.74) is 0.629. The number of esters is 1. The van der Waals surface area contributed by atoms with E-state index in [0.717, 1.165) is 37.5 Å². The quantitative estimate of drug-likeness (QED) is 0.687. The number of carbonyl (C=O) groups excluding carboxylic acids is 1. The number of ether oxygens (including phenoxy) is 1. The summed E-state index contributed by atoms with van der Waals surface area (Å²) in [6, 6.07) is 6.07. The minimum atomic E-state index is -0.986. The molecule has 148 valence electrons. The highest BCUT2D eigenvalue weighted by molar-refractivity contribution is 5.92. The summed E-state index contributed by atoms with van der Waals surface area (Å²) in [5, 5.41) is 9.03. The number of rotatable bonds is 5. The van der Waals surface area contributed by atoms with Crippen molar-refractivity contribution in [1.82, 2.24) is 0 Å². The van der Waals surface area contributed by atoms with Gasteiger partial charge in [-0.05, 0) is 73.6 Å². The van der Waals surface area contributed by atoms with Crippen molar-refractivity contribution in [2.24, 2.45) is 23.7 Å². The Labute approximate surface area is 162 Å². The number of carboxylic acid groups (broad SMARTS) is 1. The smallest absolute Gasteiger partial charge is 0.338 e. The van der Waals surface area contributed by atoms with Crippen LogP contribution in [0.4, 0.5) is 0 Å². The van der Waals surface area contributed by atoms with Gasteiger partial charge < -0.3 is 9.84 Å². The van der Waals surface area contributed by atoms with E-state index in [2.05, 4.69) is 13.8 Å².